The predicted molar refractivity (Wildman–Crippen MR) is 108 cm³/mol. The van der Waals surface area contributed by atoms with Crippen molar-refractivity contribution in [2.24, 2.45) is 0 Å². The third kappa shape index (κ3) is 4.73. The van der Waals surface area contributed by atoms with Crippen molar-refractivity contribution in [2.75, 3.05) is 23.4 Å². The highest BCUT2D eigenvalue weighted by atomic mass is 16.5. The minimum Gasteiger partial charge on any atom is -0.477 e. The van der Waals surface area contributed by atoms with Crippen LogP contribution in [0.4, 0.5) is 17.3 Å². The highest BCUT2D eigenvalue weighted by Crippen LogP contribution is 2.17. The zero-order chi connectivity index (χ0) is 19.9. The molecule has 2 heterocycles. The first-order valence-corrected chi connectivity index (χ1v) is 8.87. The smallest absolute Gasteiger partial charge is 0.234 e. The van der Waals surface area contributed by atoms with Crippen molar-refractivity contribution in [3.63, 3.8) is 0 Å². The first kappa shape index (κ1) is 19.1. The summed E-state index contributed by atoms with van der Waals surface area (Å²) in [7, 11) is 0. The molecule has 0 aliphatic heterocycles. The van der Waals surface area contributed by atoms with Crippen molar-refractivity contribution in [3.05, 3.63) is 65.6 Å². The van der Waals surface area contributed by atoms with Crippen LogP contribution in [-0.2, 0) is 13.0 Å². The Hall–Kier alpha value is -3.68. The molecule has 5 N–H and O–H groups in total. The monoisotopic (exact) mass is 378 g/mol. The lowest BCUT2D eigenvalue weighted by Crippen LogP contribution is -2.12. The molecule has 0 bridgehead atoms. The van der Waals surface area contributed by atoms with Crippen molar-refractivity contribution in [2.45, 2.75) is 19.9 Å². The molecule has 1 aromatic carbocycles. The van der Waals surface area contributed by atoms with Gasteiger partial charge in [-0.3, -0.25) is 4.79 Å². The van der Waals surface area contributed by atoms with Gasteiger partial charge in [-0.1, -0.05) is 24.3 Å². The van der Waals surface area contributed by atoms with Gasteiger partial charge in [0.25, 0.3) is 0 Å². The third-order valence-electron chi connectivity index (χ3n) is 4.01. The molecular formula is C20H22N6O2. The molecule has 0 saturated carbocycles. The standard InChI is InChI=1S/C20H22N6O2/c1-2-28-17-12-25-18(20(22)26-17)16(27)10-13-5-3-6-14(9-13)11-24-15-7-4-8-23-19(15)21/h3-9,12,24H,2,10-11H2,1H3,(H2,21,23)(H2,22,26). The van der Waals surface area contributed by atoms with Crippen molar-refractivity contribution in [3.8, 4) is 5.88 Å². The maximum absolute atomic E-state index is 12.6. The van der Waals surface area contributed by atoms with Crippen LogP contribution in [0.1, 0.15) is 28.5 Å². The molecule has 0 saturated heterocycles. The molecular weight excluding hydrogens is 356 g/mol. The van der Waals surface area contributed by atoms with Gasteiger partial charge in [0.05, 0.1) is 18.5 Å². The summed E-state index contributed by atoms with van der Waals surface area (Å²) in [5.74, 6) is 0.619. The number of carbonyl (C=O) groups excluding carboxylic acids is 1. The van der Waals surface area contributed by atoms with Gasteiger partial charge in [-0.15, -0.1) is 0 Å². The average molecular weight is 378 g/mol. The maximum atomic E-state index is 12.6. The minimum absolute atomic E-state index is 0.0702. The molecule has 8 nitrogen and oxygen atoms in total. The van der Waals surface area contributed by atoms with Crippen LogP contribution in [0.3, 0.4) is 0 Å². The molecule has 2 aromatic heterocycles. The van der Waals surface area contributed by atoms with Gasteiger partial charge in [-0.05, 0) is 30.2 Å². The van der Waals surface area contributed by atoms with E-state index in [9.17, 15) is 4.79 Å². The number of benzene rings is 1. The lowest BCUT2D eigenvalue weighted by molar-refractivity contribution is 0.0988. The number of rotatable bonds is 8. The summed E-state index contributed by atoms with van der Waals surface area (Å²) in [5, 5.41) is 3.24. The fraction of sp³-hybridized carbons (Fsp3) is 0.200. The van der Waals surface area contributed by atoms with E-state index in [1.54, 1.807) is 6.20 Å². The van der Waals surface area contributed by atoms with Gasteiger partial charge in [0, 0.05) is 19.2 Å². The van der Waals surface area contributed by atoms with Crippen molar-refractivity contribution < 1.29 is 9.53 Å². The molecule has 8 heteroatoms. The molecule has 3 rings (SSSR count). The Morgan fingerprint density at radius 1 is 1.11 bits per heavy atom. The van der Waals surface area contributed by atoms with Gasteiger partial charge in [-0.25, -0.2) is 9.97 Å². The summed E-state index contributed by atoms with van der Waals surface area (Å²) in [6, 6.07) is 11.4. The van der Waals surface area contributed by atoms with E-state index in [1.807, 2.05) is 43.3 Å². The van der Waals surface area contributed by atoms with Gasteiger partial charge in [0.15, 0.2) is 11.6 Å². The number of hydrogen-bond donors (Lipinski definition) is 3. The van der Waals surface area contributed by atoms with Gasteiger partial charge in [0.1, 0.15) is 11.5 Å². The number of Topliss-reactive ketones (excluding diaryl/α,β-unsaturated/α-hetero) is 1. The van der Waals surface area contributed by atoms with E-state index in [0.29, 0.717) is 24.8 Å². The fourth-order valence-electron chi connectivity index (χ4n) is 2.70. The Bertz CT molecular complexity index is 976. The van der Waals surface area contributed by atoms with E-state index >= 15 is 0 Å². The van der Waals surface area contributed by atoms with Crippen molar-refractivity contribution in [1.29, 1.82) is 0 Å². The Labute approximate surface area is 163 Å². The number of nitrogens with two attached hydrogens (primary N) is 2. The molecule has 0 radical (unpaired) electrons. The predicted octanol–water partition coefficient (Wildman–Crippen LogP) is 2.47. The van der Waals surface area contributed by atoms with E-state index in [1.165, 1.54) is 6.20 Å². The third-order valence-corrected chi connectivity index (χ3v) is 4.01. The molecule has 0 unspecified atom stereocenters. The second-order valence-electron chi connectivity index (χ2n) is 6.08. The van der Waals surface area contributed by atoms with Crippen LogP contribution >= 0.6 is 0 Å². The highest BCUT2D eigenvalue weighted by Gasteiger charge is 2.15. The summed E-state index contributed by atoms with van der Waals surface area (Å²) in [6.07, 6.45) is 3.23. The number of hydrogen-bond acceptors (Lipinski definition) is 8. The highest BCUT2D eigenvalue weighted by molar-refractivity contribution is 5.99. The van der Waals surface area contributed by atoms with E-state index in [2.05, 4.69) is 20.3 Å². The van der Waals surface area contributed by atoms with Crippen LogP contribution in [0.5, 0.6) is 5.88 Å². The quantitative estimate of drug-likeness (QED) is 0.510. The Kier molecular flexibility index (Phi) is 6.01. The zero-order valence-electron chi connectivity index (χ0n) is 15.6. The fourth-order valence-corrected chi connectivity index (χ4v) is 2.70. The van der Waals surface area contributed by atoms with Crippen LogP contribution in [0.25, 0.3) is 0 Å². The zero-order valence-corrected chi connectivity index (χ0v) is 15.6. The molecule has 3 aromatic rings. The average Bonchev–Trinajstić information content (AvgIpc) is 2.68. The number of anilines is 3. The summed E-state index contributed by atoms with van der Waals surface area (Å²) in [5.41, 5.74) is 14.5. The van der Waals surface area contributed by atoms with Crippen LogP contribution in [0.15, 0.2) is 48.8 Å². The topological polar surface area (TPSA) is 129 Å². The first-order valence-electron chi connectivity index (χ1n) is 8.87. The van der Waals surface area contributed by atoms with Crippen LogP contribution in [-0.4, -0.2) is 27.3 Å². The molecule has 0 spiro atoms. The summed E-state index contributed by atoms with van der Waals surface area (Å²) in [6.45, 7) is 2.84. The van der Waals surface area contributed by atoms with Gasteiger partial charge in [0.2, 0.25) is 5.88 Å². The summed E-state index contributed by atoms with van der Waals surface area (Å²) in [4.78, 5) is 24.8. The van der Waals surface area contributed by atoms with E-state index in [0.717, 1.165) is 16.8 Å². The lowest BCUT2D eigenvalue weighted by Gasteiger charge is -2.10. The van der Waals surface area contributed by atoms with E-state index < -0.39 is 0 Å². The number of ketones is 1. The summed E-state index contributed by atoms with van der Waals surface area (Å²) < 4.78 is 5.24. The molecule has 0 atom stereocenters. The number of nitrogens with zero attached hydrogens (tertiary/aromatic N) is 3. The summed E-state index contributed by atoms with van der Waals surface area (Å²) >= 11 is 0. The molecule has 0 aliphatic carbocycles. The number of nitrogens with one attached hydrogen (secondary N) is 1. The molecule has 0 fully saturated rings. The van der Waals surface area contributed by atoms with Crippen molar-refractivity contribution in [1.82, 2.24) is 15.0 Å². The molecule has 144 valence electrons. The second-order valence-corrected chi connectivity index (χ2v) is 6.08. The number of ether oxygens (including phenoxy) is 1. The van der Waals surface area contributed by atoms with E-state index in [-0.39, 0.29) is 23.7 Å². The molecule has 28 heavy (non-hydrogen) atoms. The second kappa shape index (κ2) is 8.81. The number of pyridine rings is 1. The minimum atomic E-state index is -0.199. The van der Waals surface area contributed by atoms with Gasteiger partial charge >= 0.3 is 0 Å². The lowest BCUT2D eigenvalue weighted by atomic mass is 10.0. The van der Waals surface area contributed by atoms with Crippen LogP contribution in [0.2, 0.25) is 0 Å². The SMILES string of the molecule is CCOc1cnc(C(=O)Cc2cccc(CNc3cccnc3N)c2)c(N)n1. The largest absolute Gasteiger partial charge is 0.477 e. The van der Waals surface area contributed by atoms with Crippen LogP contribution < -0.4 is 21.5 Å². The Morgan fingerprint density at radius 3 is 2.68 bits per heavy atom. The number of nitrogen functional groups attached to an aromatic ring is 2. The Morgan fingerprint density at radius 2 is 1.93 bits per heavy atom. The Balaban J connectivity index is 1.67. The normalized spacial score (nSPS) is 10.5. The van der Waals surface area contributed by atoms with Gasteiger partial charge in [-0.2, -0.15) is 4.98 Å². The van der Waals surface area contributed by atoms with Crippen molar-refractivity contribution >= 4 is 23.1 Å². The number of aromatic nitrogens is 3. The first-order chi connectivity index (χ1) is 13.6. The van der Waals surface area contributed by atoms with E-state index in [4.69, 9.17) is 16.2 Å². The maximum Gasteiger partial charge on any atom is 0.234 e. The molecule has 0 aliphatic rings. The van der Waals surface area contributed by atoms with Gasteiger partial charge < -0.3 is 21.5 Å². The van der Waals surface area contributed by atoms with Crippen LogP contribution in [0, 0.1) is 0 Å². The number of carbonyl (C=O) groups is 1. The molecule has 0 amide bonds.